The van der Waals surface area contributed by atoms with Gasteiger partial charge in [-0.1, -0.05) is 6.07 Å². The van der Waals surface area contributed by atoms with E-state index in [4.69, 9.17) is 9.47 Å². The van der Waals surface area contributed by atoms with Crippen molar-refractivity contribution in [3.8, 4) is 17.2 Å². The summed E-state index contributed by atoms with van der Waals surface area (Å²) in [6.45, 7) is 6.01. The zero-order chi connectivity index (χ0) is 11.6. The fraction of sp³-hybridized carbons (Fsp3) is 0.500. The Bertz CT molecular complexity index is 375. The molecule has 0 atom stereocenters. The van der Waals surface area contributed by atoms with Crippen LogP contribution < -0.4 is 14.8 Å². The molecule has 1 aliphatic heterocycles. The highest BCUT2D eigenvalue weighted by atomic mass is 16.5. The van der Waals surface area contributed by atoms with Crippen molar-refractivity contribution in [1.82, 2.24) is 5.32 Å². The van der Waals surface area contributed by atoms with Crippen LogP contribution in [0.25, 0.3) is 0 Å². The number of aromatic hydroxyl groups is 1. The van der Waals surface area contributed by atoms with Crippen molar-refractivity contribution in [3.63, 3.8) is 0 Å². The topological polar surface area (TPSA) is 50.7 Å². The Labute approximate surface area is 95.2 Å². The van der Waals surface area contributed by atoms with E-state index < -0.39 is 0 Å². The first-order chi connectivity index (χ1) is 7.64. The van der Waals surface area contributed by atoms with Gasteiger partial charge in [0.15, 0.2) is 11.5 Å². The first kappa shape index (κ1) is 11.1. The Balaban J connectivity index is 2.17. The van der Waals surface area contributed by atoms with Gasteiger partial charge >= 0.3 is 0 Å². The average Bonchev–Trinajstić information content (AvgIpc) is 2.22. The second kappa shape index (κ2) is 4.22. The van der Waals surface area contributed by atoms with Crippen LogP contribution in [0.5, 0.6) is 17.2 Å². The van der Waals surface area contributed by atoms with E-state index in [1.807, 2.05) is 19.9 Å². The molecular weight excluding hydrogens is 206 g/mol. The number of para-hydroxylation sites is 1. The van der Waals surface area contributed by atoms with Gasteiger partial charge in [-0.3, -0.25) is 0 Å². The molecular formula is C12H17NO3. The largest absolute Gasteiger partial charge is 0.502 e. The molecule has 0 saturated carbocycles. The maximum atomic E-state index is 9.93. The molecule has 1 heterocycles. The van der Waals surface area contributed by atoms with E-state index in [9.17, 15) is 5.11 Å². The van der Waals surface area contributed by atoms with E-state index in [1.165, 1.54) is 0 Å². The van der Waals surface area contributed by atoms with Gasteiger partial charge in [0.05, 0.1) is 6.61 Å². The molecule has 0 aliphatic carbocycles. The molecule has 0 radical (unpaired) electrons. The van der Waals surface area contributed by atoms with Crippen molar-refractivity contribution >= 4 is 0 Å². The van der Waals surface area contributed by atoms with E-state index in [0.717, 1.165) is 13.1 Å². The first-order valence-electron chi connectivity index (χ1n) is 5.49. The van der Waals surface area contributed by atoms with Crippen LogP contribution in [0.2, 0.25) is 0 Å². The standard InChI is InChI=1S/C12H17NO3/c1-3-15-9-5-4-6-10(11(9)14)16-12(2)7-13-8-12/h4-6,13-14H,3,7-8H2,1-2H3. The van der Waals surface area contributed by atoms with Crippen molar-refractivity contribution in [2.45, 2.75) is 19.4 Å². The number of phenolic OH excluding ortho intramolecular Hbond substituents is 1. The van der Waals surface area contributed by atoms with Gasteiger partial charge in [0.1, 0.15) is 5.60 Å². The van der Waals surface area contributed by atoms with Crippen LogP contribution in [0, 0.1) is 0 Å². The maximum Gasteiger partial charge on any atom is 0.200 e. The fourth-order valence-electron chi connectivity index (χ4n) is 1.67. The summed E-state index contributed by atoms with van der Waals surface area (Å²) >= 11 is 0. The molecule has 0 unspecified atom stereocenters. The molecule has 0 bridgehead atoms. The average molecular weight is 223 g/mol. The minimum atomic E-state index is -0.220. The fourth-order valence-corrected chi connectivity index (χ4v) is 1.67. The normalized spacial score (nSPS) is 17.6. The quantitative estimate of drug-likeness (QED) is 0.812. The summed E-state index contributed by atoms with van der Waals surface area (Å²) in [5.74, 6) is 1.03. The Morgan fingerprint density at radius 2 is 2.06 bits per heavy atom. The van der Waals surface area contributed by atoms with Gasteiger partial charge < -0.3 is 19.9 Å². The lowest BCUT2D eigenvalue weighted by Crippen LogP contribution is -2.61. The van der Waals surface area contributed by atoms with Gasteiger partial charge in [0.2, 0.25) is 5.75 Å². The van der Waals surface area contributed by atoms with E-state index in [2.05, 4.69) is 5.32 Å². The molecule has 1 aromatic rings. The monoisotopic (exact) mass is 223 g/mol. The number of hydrogen-bond donors (Lipinski definition) is 2. The number of hydrogen-bond acceptors (Lipinski definition) is 4. The van der Waals surface area contributed by atoms with Crippen LogP contribution in [-0.2, 0) is 0 Å². The molecule has 2 rings (SSSR count). The lowest BCUT2D eigenvalue weighted by atomic mass is 10.00. The Hall–Kier alpha value is -1.42. The molecule has 4 heteroatoms. The van der Waals surface area contributed by atoms with Gasteiger partial charge in [-0.05, 0) is 26.0 Å². The number of nitrogens with one attached hydrogen (secondary N) is 1. The molecule has 1 fully saturated rings. The van der Waals surface area contributed by atoms with Crippen LogP contribution >= 0.6 is 0 Å². The zero-order valence-corrected chi connectivity index (χ0v) is 9.62. The highest BCUT2D eigenvalue weighted by Gasteiger charge is 2.34. The third-order valence-corrected chi connectivity index (χ3v) is 2.62. The SMILES string of the molecule is CCOc1cccc(OC2(C)CNC2)c1O. The van der Waals surface area contributed by atoms with E-state index >= 15 is 0 Å². The Morgan fingerprint density at radius 3 is 2.62 bits per heavy atom. The number of ether oxygens (including phenoxy) is 2. The van der Waals surface area contributed by atoms with E-state index in [0.29, 0.717) is 18.1 Å². The van der Waals surface area contributed by atoms with E-state index in [1.54, 1.807) is 12.1 Å². The Morgan fingerprint density at radius 1 is 1.38 bits per heavy atom. The van der Waals surface area contributed by atoms with Gasteiger partial charge in [-0.15, -0.1) is 0 Å². The molecule has 1 aromatic carbocycles. The minimum Gasteiger partial charge on any atom is -0.502 e. The first-order valence-corrected chi connectivity index (χ1v) is 5.49. The summed E-state index contributed by atoms with van der Waals surface area (Å²) in [4.78, 5) is 0. The van der Waals surface area contributed by atoms with Crippen molar-refractivity contribution in [1.29, 1.82) is 0 Å². The lowest BCUT2D eigenvalue weighted by molar-refractivity contribution is 0.0320. The minimum absolute atomic E-state index is 0.0810. The second-order valence-corrected chi connectivity index (χ2v) is 4.19. The molecule has 0 spiro atoms. The number of phenols is 1. The van der Waals surface area contributed by atoms with Gasteiger partial charge in [-0.25, -0.2) is 0 Å². The highest BCUT2D eigenvalue weighted by molar-refractivity contribution is 5.50. The summed E-state index contributed by atoms with van der Waals surface area (Å²) in [5, 5.41) is 13.1. The van der Waals surface area contributed by atoms with Crippen molar-refractivity contribution in [2.24, 2.45) is 0 Å². The van der Waals surface area contributed by atoms with Crippen molar-refractivity contribution in [3.05, 3.63) is 18.2 Å². The molecule has 1 saturated heterocycles. The highest BCUT2D eigenvalue weighted by Crippen LogP contribution is 2.38. The summed E-state index contributed by atoms with van der Waals surface area (Å²) in [6, 6.07) is 5.30. The number of benzene rings is 1. The summed E-state index contributed by atoms with van der Waals surface area (Å²) in [7, 11) is 0. The van der Waals surface area contributed by atoms with Gasteiger partial charge in [0, 0.05) is 13.1 Å². The molecule has 16 heavy (non-hydrogen) atoms. The molecule has 2 N–H and O–H groups in total. The summed E-state index contributed by atoms with van der Waals surface area (Å²) in [6.07, 6.45) is 0. The van der Waals surface area contributed by atoms with Crippen LogP contribution in [0.3, 0.4) is 0 Å². The predicted molar refractivity (Wildman–Crippen MR) is 61.2 cm³/mol. The smallest absolute Gasteiger partial charge is 0.200 e. The summed E-state index contributed by atoms with van der Waals surface area (Å²) < 4.78 is 11.1. The number of rotatable bonds is 4. The van der Waals surface area contributed by atoms with Gasteiger partial charge in [0.25, 0.3) is 0 Å². The lowest BCUT2D eigenvalue weighted by Gasteiger charge is -2.39. The summed E-state index contributed by atoms with van der Waals surface area (Å²) in [5.41, 5.74) is -0.220. The Kier molecular flexibility index (Phi) is 2.92. The molecule has 88 valence electrons. The molecule has 4 nitrogen and oxygen atoms in total. The third-order valence-electron chi connectivity index (χ3n) is 2.62. The van der Waals surface area contributed by atoms with Crippen LogP contribution in [0.1, 0.15) is 13.8 Å². The molecule has 0 aromatic heterocycles. The third kappa shape index (κ3) is 2.07. The van der Waals surface area contributed by atoms with Crippen LogP contribution in [0.4, 0.5) is 0 Å². The predicted octanol–water partition coefficient (Wildman–Crippen LogP) is 1.53. The van der Waals surface area contributed by atoms with Crippen molar-refractivity contribution < 1.29 is 14.6 Å². The maximum absolute atomic E-state index is 9.93. The van der Waals surface area contributed by atoms with E-state index in [-0.39, 0.29) is 11.4 Å². The van der Waals surface area contributed by atoms with Crippen LogP contribution in [0.15, 0.2) is 18.2 Å². The van der Waals surface area contributed by atoms with Crippen LogP contribution in [-0.4, -0.2) is 30.4 Å². The molecule has 0 amide bonds. The second-order valence-electron chi connectivity index (χ2n) is 4.19. The molecule has 1 aliphatic rings. The van der Waals surface area contributed by atoms with Crippen molar-refractivity contribution in [2.75, 3.05) is 19.7 Å². The van der Waals surface area contributed by atoms with Gasteiger partial charge in [-0.2, -0.15) is 0 Å². The zero-order valence-electron chi connectivity index (χ0n) is 9.62.